The Kier molecular flexibility index (Phi) is 4.35. The molecular weight excluding hydrogens is 315 g/mol. The smallest absolute Gasteiger partial charge is 0.279 e. The number of aliphatic hydroxyl groups is 1. The van der Waals surface area contributed by atoms with E-state index in [1.54, 1.807) is 18.2 Å². The van der Waals surface area contributed by atoms with Gasteiger partial charge in [-0.25, -0.2) is 4.39 Å². The van der Waals surface area contributed by atoms with Crippen molar-refractivity contribution in [1.82, 2.24) is 4.98 Å². The Bertz CT molecular complexity index is 901. The van der Waals surface area contributed by atoms with E-state index in [1.807, 2.05) is 0 Å². The van der Waals surface area contributed by atoms with E-state index in [0.717, 1.165) is 0 Å². The van der Waals surface area contributed by atoms with Gasteiger partial charge in [-0.15, -0.1) is 0 Å². The molecule has 1 N–H and O–H groups in total. The SMILES string of the molecule is O=[N+]([O-])c1ccc(OCC(O)c2ccccc2F)c2ncccc12. The highest BCUT2D eigenvalue weighted by Crippen LogP contribution is 2.31. The number of nitro groups is 1. The van der Waals surface area contributed by atoms with Crippen LogP contribution in [0.3, 0.4) is 0 Å². The lowest BCUT2D eigenvalue weighted by atomic mass is 10.1. The summed E-state index contributed by atoms with van der Waals surface area (Å²) in [4.78, 5) is 14.7. The molecule has 3 rings (SSSR count). The monoisotopic (exact) mass is 328 g/mol. The molecule has 7 heteroatoms. The number of hydrogen-bond donors (Lipinski definition) is 1. The third-order valence-corrected chi connectivity index (χ3v) is 3.57. The second-order valence-electron chi connectivity index (χ2n) is 5.09. The summed E-state index contributed by atoms with van der Waals surface area (Å²) in [7, 11) is 0. The predicted octanol–water partition coefficient (Wildman–Crippen LogP) is 3.39. The van der Waals surface area contributed by atoms with Crippen LogP contribution in [0.15, 0.2) is 54.7 Å². The predicted molar refractivity (Wildman–Crippen MR) is 85.3 cm³/mol. The van der Waals surface area contributed by atoms with E-state index < -0.39 is 16.8 Å². The van der Waals surface area contributed by atoms with Crippen molar-refractivity contribution in [3.63, 3.8) is 0 Å². The van der Waals surface area contributed by atoms with E-state index in [4.69, 9.17) is 4.74 Å². The molecule has 0 aliphatic rings. The Morgan fingerprint density at radius 2 is 2.00 bits per heavy atom. The van der Waals surface area contributed by atoms with Gasteiger partial charge in [0, 0.05) is 17.8 Å². The number of aliphatic hydroxyl groups excluding tert-OH is 1. The first-order valence-corrected chi connectivity index (χ1v) is 7.15. The summed E-state index contributed by atoms with van der Waals surface area (Å²) in [6.45, 7) is -0.204. The topological polar surface area (TPSA) is 85.5 Å². The molecule has 0 fully saturated rings. The summed E-state index contributed by atoms with van der Waals surface area (Å²) in [5, 5.41) is 21.5. The van der Waals surface area contributed by atoms with E-state index in [2.05, 4.69) is 4.98 Å². The molecule has 6 nitrogen and oxygen atoms in total. The molecule has 0 aliphatic carbocycles. The number of rotatable bonds is 5. The number of halogens is 1. The van der Waals surface area contributed by atoms with Crippen LogP contribution in [-0.2, 0) is 0 Å². The molecule has 1 heterocycles. The van der Waals surface area contributed by atoms with Gasteiger partial charge in [-0.3, -0.25) is 15.1 Å². The second-order valence-corrected chi connectivity index (χ2v) is 5.09. The van der Waals surface area contributed by atoms with Crippen molar-refractivity contribution < 1.29 is 19.2 Å². The summed E-state index contributed by atoms with van der Waals surface area (Å²) in [6.07, 6.45) is 0.326. The van der Waals surface area contributed by atoms with E-state index in [9.17, 15) is 19.6 Å². The van der Waals surface area contributed by atoms with Crippen LogP contribution < -0.4 is 4.74 Å². The van der Waals surface area contributed by atoms with E-state index in [1.165, 1.54) is 36.5 Å². The molecule has 0 radical (unpaired) electrons. The Morgan fingerprint density at radius 1 is 1.21 bits per heavy atom. The zero-order chi connectivity index (χ0) is 17.1. The minimum atomic E-state index is -1.17. The Labute approximate surface area is 136 Å². The summed E-state index contributed by atoms with van der Waals surface area (Å²) >= 11 is 0. The number of fused-ring (bicyclic) bond motifs is 1. The summed E-state index contributed by atoms with van der Waals surface area (Å²) in [5.41, 5.74) is 0.351. The van der Waals surface area contributed by atoms with Gasteiger partial charge in [0.25, 0.3) is 5.69 Å². The molecule has 2 aromatic carbocycles. The lowest BCUT2D eigenvalue weighted by molar-refractivity contribution is -0.383. The minimum Gasteiger partial charge on any atom is -0.488 e. The van der Waals surface area contributed by atoms with Crippen LogP contribution >= 0.6 is 0 Å². The Morgan fingerprint density at radius 3 is 2.75 bits per heavy atom. The summed E-state index contributed by atoms with van der Waals surface area (Å²) in [5.74, 6) is -0.244. The third kappa shape index (κ3) is 3.02. The van der Waals surface area contributed by atoms with Gasteiger partial charge in [0.05, 0.1) is 10.3 Å². The van der Waals surface area contributed by atoms with Crippen molar-refractivity contribution >= 4 is 16.6 Å². The van der Waals surface area contributed by atoms with Crippen LogP contribution in [0.4, 0.5) is 10.1 Å². The average molecular weight is 328 g/mol. The van der Waals surface area contributed by atoms with Crippen molar-refractivity contribution in [3.8, 4) is 5.75 Å². The maximum atomic E-state index is 13.7. The molecule has 0 amide bonds. The van der Waals surface area contributed by atoms with Gasteiger partial charge in [0.1, 0.15) is 29.8 Å². The van der Waals surface area contributed by atoms with Crippen LogP contribution in [0.25, 0.3) is 10.9 Å². The average Bonchev–Trinajstić information content (AvgIpc) is 2.59. The number of hydrogen-bond acceptors (Lipinski definition) is 5. The highest BCUT2D eigenvalue weighted by atomic mass is 19.1. The third-order valence-electron chi connectivity index (χ3n) is 3.57. The van der Waals surface area contributed by atoms with E-state index in [0.29, 0.717) is 10.9 Å². The molecular formula is C17H13FN2O4. The number of aromatic nitrogens is 1. The fourth-order valence-corrected chi connectivity index (χ4v) is 2.41. The molecule has 1 aromatic heterocycles. The van der Waals surface area contributed by atoms with Crippen molar-refractivity contribution in [2.24, 2.45) is 0 Å². The normalized spacial score (nSPS) is 12.1. The first-order valence-electron chi connectivity index (χ1n) is 7.15. The first kappa shape index (κ1) is 15.8. The maximum absolute atomic E-state index is 13.7. The number of pyridine rings is 1. The highest BCUT2D eigenvalue weighted by Gasteiger charge is 2.18. The molecule has 24 heavy (non-hydrogen) atoms. The van der Waals surface area contributed by atoms with Gasteiger partial charge in [-0.05, 0) is 24.3 Å². The standard InChI is InChI=1S/C17H13FN2O4/c18-13-6-2-1-4-11(13)15(21)10-24-16-8-7-14(20(22)23)12-5-3-9-19-17(12)16/h1-9,15,21H,10H2. The van der Waals surface area contributed by atoms with Gasteiger partial charge in [0.2, 0.25) is 0 Å². The number of ether oxygens (including phenoxy) is 1. The number of nitrogens with zero attached hydrogens (tertiary/aromatic N) is 2. The molecule has 0 aliphatic heterocycles. The molecule has 122 valence electrons. The molecule has 0 saturated heterocycles. The van der Waals surface area contributed by atoms with Crippen LogP contribution in [0, 0.1) is 15.9 Å². The quantitative estimate of drug-likeness (QED) is 0.573. The molecule has 1 atom stereocenters. The molecule has 1 unspecified atom stereocenters. The number of nitro benzene ring substituents is 1. The number of non-ortho nitro benzene ring substituents is 1. The van der Waals surface area contributed by atoms with Gasteiger partial charge >= 0.3 is 0 Å². The van der Waals surface area contributed by atoms with Crippen molar-refractivity contribution in [1.29, 1.82) is 0 Å². The number of benzene rings is 2. The van der Waals surface area contributed by atoms with Gasteiger partial charge in [-0.2, -0.15) is 0 Å². The fraction of sp³-hybridized carbons (Fsp3) is 0.118. The second kappa shape index (κ2) is 6.59. The van der Waals surface area contributed by atoms with Gasteiger partial charge < -0.3 is 9.84 Å². The van der Waals surface area contributed by atoms with Crippen molar-refractivity contribution in [3.05, 3.63) is 76.2 Å². The van der Waals surface area contributed by atoms with Crippen LogP contribution in [-0.4, -0.2) is 21.6 Å². The Balaban J connectivity index is 1.87. The van der Waals surface area contributed by atoms with Crippen molar-refractivity contribution in [2.45, 2.75) is 6.10 Å². The molecule has 0 spiro atoms. The van der Waals surface area contributed by atoms with Gasteiger partial charge in [-0.1, -0.05) is 18.2 Å². The fourth-order valence-electron chi connectivity index (χ4n) is 2.41. The lowest BCUT2D eigenvalue weighted by Gasteiger charge is -2.14. The van der Waals surface area contributed by atoms with Crippen LogP contribution in [0.1, 0.15) is 11.7 Å². The van der Waals surface area contributed by atoms with E-state index in [-0.39, 0.29) is 23.6 Å². The molecule has 0 saturated carbocycles. The summed E-state index contributed by atoms with van der Waals surface area (Å²) < 4.78 is 19.2. The maximum Gasteiger partial charge on any atom is 0.279 e. The van der Waals surface area contributed by atoms with Gasteiger partial charge in [0.15, 0.2) is 0 Å². The van der Waals surface area contributed by atoms with Crippen LogP contribution in [0.2, 0.25) is 0 Å². The molecule has 0 bridgehead atoms. The minimum absolute atomic E-state index is 0.0832. The first-order chi connectivity index (χ1) is 11.6. The van der Waals surface area contributed by atoms with E-state index >= 15 is 0 Å². The zero-order valence-corrected chi connectivity index (χ0v) is 12.4. The van der Waals surface area contributed by atoms with Crippen LogP contribution in [0.5, 0.6) is 5.75 Å². The highest BCUT2D eigenvalue weighted by molar-refractivity contribution is 5.92. The Hall–Kier alpha value is -3.06. The lowest BCUT2D eigenvalue weighted by Crippen LogP contribution is -2.11. The van der Waals surface area contributed by atoms with Crippen molar-refractivity contribution in [2.75, 3.05) is 6.61 Å². The molecule has 3 aromatic rings. The zero-order valence-electron chi connectivity index (χ0n) is 12.4. The summed E-state index contributed by atoms with van der Waals surface area (Å²) in [6, 6.07) is 11.8. The largest absolute Gasteiger partial charge is 0.488 e.